The molecule has 0 radical (unpaired) electrons. The monoisotopic (exact) mass is 338 g/mol. The molecule has 2 aromatic rings. The first-order chi connectivity index (χ1) is 12.1. The largest absolute Gasteiger partial charge is 0.489 e. The second-order valence-electron chi connectivity index (χ2n) is 5.71. The molecule has 25 heavy (non-hydrogen) atoms. The van der Waals surface area contributed by atoms with Crippen LogP contribution in [-0.2, 0) is 16.0 Å². The number of ketones is 1. The average Bonchev–Trinajstić information content (AvgIpc) is 2.63. The van der Waals surface area contributed by atoms with Crippen LogP contribution in [0.25, 0.3) is 6.08 Å². The van der Waals surface area contributed by atoms with Gasteiger partial charge in [-0.1, -0.05) is 42.5 Å². The molecule has 0 aromatic heterocycles. The maximum atomic E-state index is 11.5. The van der Waals surface area contributed by atoms with Gasteiger partial charge in [0.1, 0.15) is 18.1 Å². The molecule has 0 saturated heterocycles. The van der Waals surface area contributed by atoms with Gasteiger partial charge in [-0.2, -0.15) is 0 Å². The molecule has 0 spiro atoms. The summed E-state index contributed by atoms with van der Waals surface area (Å²) in [6.45, 7) is 0.705. The van der Waals surface area contributed by atoms with Crippen LogP contribution in [0.4, 0.5) is 0 Å². The Morgan fingerprint density at radius 1 is 1.08 bits per heavy atom. The third-order valence-electron chi connectivity index (χ3n) is 3.88. The number of hydrogen-bond donors (Lipinski definition) is 1. The lowest BCUT2D eigenvalue weighted by atomic mass is 9.99. The Morgan fingerprint density at radius 2 is 1.80 bits per heavy atom. The van der Waals surface area contributed by atoms with Gasteiger partial charge in [0.05, 0.1) is 6.42 Å². The molecular weight excluding hydrogens is 320 g/mol. The molecule has 0 saturated carbocycles. The highest BCUT2D eigenvalue weighted by Gasteiger charge is 2.29. The fourth-order valence-electron chi connectivity index (χ4n) is 2.66. The lowest BCUT2D eigenvalue weighted by Crippen LogP contribution is -2.35. The van der Waals surface area contributed by atoms with E-state index in [9.17, 15) is 9.59 Å². The Hall–Kier alpha value is -3.08. The van der Waals surface area contributed by atoms with Crippen molar-refractivity contribution in [2.45, 2.75) is 18.9 Å². The van der Waals surface area contributed by atoms with Crippen molar-refractivity contribution in [1.29, 1.82) is 0 Å². The standard InChI is InChI=1S/C11H10O4.C9H8O/c12-8-5-7-3-1-2-4-9(7)15-10(8)6-11(13)14;1-2-6-9-8(4-1)5-3-7-10-9/h1-4,10H,5-6H2,(H,13,14);1-6H,7H2. The normalized spacial score (nSPS) is 17.1. The van der Waals surface area contributed by atoms with E-state index >= 15 is 0 Å². The van der Waals surface area contributed by atoms with Gasteiger partial charge >= 0.3 is 5.97 Å². The minimum atomic E-state index is -1.02. The number of ether oxygens (including phenoxy) is 2. The summed E-state index contributed by atoms with van der Waals surface area (Å²) in [6.07, 6.45) is 3.25. The van der Waals surface area contributed by atoms with Crippen LogP contribution in [0.15, 0.2) is 54.6 Å². The van der Waals surface area contributed by atoms with Gasteiger partial charge in [-0.15, -0.1) is 0 Å². The number of carboxylic acid groups (broad SMARTS) is 1. The van der Waals surface area contributed by atoms with Crippen LogP contribution < -0.4 is 9.47 Å². The van der Waals surface area contributed by atoms with Crippen molar-refractivity contribution in [3.05, 3.63) is 65.7 Å². The Balaban J connectivity index is 0.000000157. The summed E-state index contributed by atoms with van der Waals surface area (Å²) in [5.41, 5.74) is 2.00. The molecule has 4 rings (SSSR count). The van der Waals surface area contributed by atoms with Gasteiger partial charge in [-0.05, 0) is 18.2 Å². The van der Waals surface area contributed by atoms with Crippen molar-refractivity contribution >= 4 is 17.8 Å². The SMILES string of the molecule is C1=Cc2ccccc2OC1.O=C(O)CC1Oc2ccccc2CC1=O. The molecule has 0 fully saturated rings. The van der Waals surface area contributed by atoms with E-state index in [0.717, 1.165) is 11.3 Å². The van der Waals surface area contributed by atoms with Gasteiger partial charge in [0.15, 0.2) is 11.9 Å². The lowest BCUT2D eigenvalue weighted by Gasteiger charge is -2.23. The molecule has 128 valence electrons. The van der Waals surface area contributed by atoms with Crippen molar-refractivity contribution in [2.24, 2.45) is 0 Å². The van der Waals surface area contributed by atoms with Crippen molar-refractivity contribution in [3.8, 4) is 11.5 Å². The number of benzene rings is 2. The summed E-state index contributed by atoms with van der Waals surface area (Å²) in [5, 5.41) is 8.60. The van der Waals surface area contributed by atoms with E-state index in [2.05, 4.69) is 6.08 Å². The number of aliphatic carboxylic acids is 1. The third kappa shape index (κ3) is 4.26. The summed E-state index contributed by atoms with van der Waals surface area (Å²) < 4.78 is 10.7. The number of fused-ring (bicyclic) bond motifs is 2. The van der Waals surface area contributed by atoms with Crippen LogP contribution >= 0.6 is 0 Å². The van der Waals surface area contributed by atoms with Crippen LogP contribution in [0.5, 0.6) is 11.5 Å². The van der Waals surface area contributed by atoms with Crippen LogP contribution in [0.1, 0.15) is 17.5 Å². The number of hydrogen-bond acceptors (Lipinski definition) is 4. The molecule has 5 nitrogen and oxygen atoms in total. The van der Waals surface area contributed by atoms with Crippen molar-refractivity contribution in [2.75, 3.05) is 6.61 Å². The van der Waals surface area contributed by atoms with Gasteiger partial charge in [0.25, 0.3) is 0 Å². The number of carbonyl (C=O) groups excluding carboxylic acids is 1. The zero-order valence-electron chi connectivity index (χ0n) is 13.6. The second-order valence-corrected chi connectivity index (χ2v) is 5.71. The fourth-order valence-corrected chi connectivity index (χ4v) is 2.66. The Bertz CT molecular complexity index is 809. The maximum Gasteiger partial charge on any atom is 0.307 e. The van der Waals surface area contributed by atoms with E-state index in [1.54, 1.807) is 12.1 Å². The Kier molecular flexibility index (Phi) is 5.14. The molecule has 5 heteroatoms. The number of rotatable bonds is 2. The first-order valence-corrected chi connectivity index (χ1v) is 8.01. The number of carbonyl (C=O) groups is 2. The summed E-state index contributed by atoms with van der Waals surface area (Å²) >= 11 is 0. The third-order valence-corrected chi connectivity index (χ3v) is 3.88. The number of carboxylic acids is 1. The maximum absolute atomic E-state index is 11.5. The highest BCUT2D eigenvalue weighted by Crippen LogP contribution is 2.26. The first-order valence-electron chi connectivity index (χ1n) is 8.01. The molecular formula is C20H18O5. The van der Waals surface area contributed by atoms with E-state index in [-0.39, 0.29) is 18.6 Å². The minimum absolute atomic E-state index is 0.170. The molecule has 1 atom stereocenters. The highest BCUT2D eigenvalue weighted by atomic mass is 16.5. The minimum Gasteiger partial charge on any atom is -0.489 e. The molecule has 0 amide bonds. The van der Waals surface area contributed by atoms with Crippen molar-refractivity contribution in [1.82, 2.24) is 0 Å². The van der Waals surface area contributed by atoms with Gasteiger partial charge in [-0.25, -0.2) is 0 Å². The predicted molar refractivity (Wildman–Crippen MR) is 92.8 cm³/mol. The lowest BCUT2D eigenvalue weighted by molar-refractivity contribution is -0.142. The quantitative estimate of drug-likeness (QED) is 0.911. The smallest absolute Gasteiger partial charge is 0.307 e. The van der Waals surface area contributed by atoms with Gasteiger partial charge in [0, 0.05) is 17.5 Å². The fraction of sp³-hybridized carbons (Fsp3) is 0.200. The van der Waals surface area contributed by atoms with Crippen molar-refractivity contribution in [3.63, 3.8) is 0 Å². The zero-order chi connectivity index (χ0) is 17.6. The summed E-state index contributed by atoms with van der Waals surface area (Å²) in [5.74, 6) is 0.414. The number of para-hydroxylation sites is 2. The topological polar surface area (TPSA) is 72.8 Å². The van der Waals surface area contributed by atoms with E-state index < -0.39 is 12.1 Å². The average molecular weight is 338 g/mol. The van der Waals surface area contributed by atoms with E-state index in [4.69, 9.17) is 14.6 Å². The molecule has 2 heterocycles. The van der Waals surface area contributed by atoms with Crippen LogP contribution in [0.2, 0.25) is 0 Å². The first kappa shape index (κ1) is 16.8. The van der Waals surface area contributed by atoms with Crippen molar-refractivity contribution < 1.29 is 24.2 Å². The highest BCUT2D eigenvalue weighted by molar-refractivity contribution is 5.90. The zero-order valence-corrected chi connectivity index (χ0v) is 13.6. The predicted octanol–water partition coefficient (Wildman–Crippen LogP) is 3.13. The van der Waals surface area contributed by atoms with Crippen LogP contribution in [0, 0.1) is 0 Å². The molecule has 0 aliphatic carbocycles. The molecule has 2 aliphatic heterocycles. The van der Waals surface area contributed by atoms with Gasteiger partial charge in [0.2, 0.25) is 0 Å². The van der Waals surface area contributed by atoms with Crippen LogP contribution in [0.3, 0.4) is 0 Å². The Morgan fingerprint density at radius 3 is 2.56 bits per heavy atom. The molecule has 1 N–H and O–H groups in total. The molecule has 2 aromatic carbocycles. The van der Waals surface area contributed by atoms with Gasteiger partial charge in [-0.3, -0.25) is 9.59 Å². The molecule has 1 unspecified atom stereocenters. The molecule has 0 bridgehead atoms. The summed E-state index contributed by atoms with van der Waals surface area (Å²) in [7, 11) is 0. The second kappa shape index (κ2) is 7.66. The van der Waals surface area contributed by atoms with E-state index in [0.29, 0.717) is 12.4 Å². The van der Waals surface area contributed by atoms with E-state index in [1.165, 1.54) is 5.56 Å². The van der Waals surface area contributed by atoms with Crippen LogP contribution in [-0.4, -0.2) is 29.6 Å². The van der Waals surface area contributed by atoms with Gasteiger partial charge < -0.3 is 14.6 Å². The number of Topliss-reactive ketones (excluding diaryl/α,β-unsaturated/α-hetero) is 1. The Labute approximate surface area is 145 Å². The molecule has 2 aliphatic rings. The summed E-state index contributed by atoms with van der Waals surface area (Å²) in [4.78, 5) is 22.0. The summed E-state index contributed by atoms with van der Waals surface area (Å²) in [6, 6.07) is 15.2. The van der Waals surface area contributed by atoms with E-state index in [1.807, 2.05) is 42.5 Å².